The quantitative estimate of drug-likeness (QED) is 0.787. The lowest BCUT2D eigenvalue weighted by molar-refractivity contribution is 0.0217. The standard InChI is InChI=1S/C14H25NO4/c1-14(2,3)19-13(17)15-8-11(12(16)9-15)10-4-6-18-7-5-10/h10-12,16H,4-9H2,1-3H3/t11-,12+/m1/s1. The second-order valence-corrected chi connectivity index (χ2v) is 6.57. The largest absolute Gasteiger partial charge is 0.444 e. The molecule has 0 aromatic heterocycles. The highest BCUT2D eigenvalue weighted by molar-refractivity contribution is 5.68. The van der Waals surface area contributed by atoms with Gasteiger partial charge >= 0.3 is 6.09 Å². The molecule has 1 N–H and O–H groups in total. The second kappa shape index (κ2) is 5.67. The normalized spacial score (nSPS) is 29.6. The van der Waals surface area contributed by atoms with Gasteiger partial charge in [0.15, 0.2) is 0 Å². The van der Waals surface area contributed by atoms with Gasteiger partial charge < -0.3 is 19.5 Å². The fourth-order valence-corrected chi connectivity index (χ4v) is 2.89. The summed E-state index contributed by atoms with van der Waals surface area (Å²) in [4.78, 5) is 13.6. The minimum Gasteiger partial charge on any atom is -0.444 e. The third-order valence-corrected chi connectivity index (χ3v) is 3.86. The van der Waals surface area contributed by atoms with Crippen molar-refractivity contribution in [2.24, 2.45) is 11.8 Å². The molecule has 2 heterocycles. The number of amides is 1. The van der Waals surface area contributed by atoms with E-state index in [9.17, 15) is 9.90 Å². The lowest BCUT2D eigenvalue weighted by atomic mass is 9.84. The highest BCUT2D eigenvalue weighted by atomic mass is 16.6. The van der Waals surface area contributed by atoms with Crippen molar-refractivity contribution in [3.63, 3.8) is 0 Å². The number of carbonyl (C=O) groups excluding carboxylic acids is 1. The summed E-state index contributed by atoms with van der Waals surface area (Å²) in [6.07, 6.45) is 1.20. The number of aliphatic hydroxyl groups excluding tert-OH is 1. The van der Waals surface area contributed by atoms with Crippen LogP contribution in [0, 0.1) is 11.8 Å². The van der Waals surface area contributed by atoms with Crippen LogP contribution in [-0.2, 0) is 9.47 Å². The van der Waals surface area contributed by atoms with Gasteiger partial charge in [-0.05, 0) is 39.5 Å². The molecule has 0 unspecified atom stereocenters. The maximum absolute atomic E-state index is 12.0. The van der Waals surface area contributed by atoms with Gasteiger partial charge in [0.25, 0.3) is 0 Å². The third-order valence-electron chi connectivity index (χ3n) is 3.86. The number of likely N-dealkylation sites (tertiary alicyclic amines) is 1. The number of hydrogen-bond donors (Lipinski definition) is 1. The first-order valence-electron chi connectivity index (χ1n) is 7.10. The van der Waals surface area contributed by atoms with Gasteiger partial charge in [0.1, 0.15) is 5.60 Å². The number of nitrogens with zero attached hydrogens (tertiary/aromatic N) is 1. The zero-order valence-electron chi connectivity index (χ0n) is 12.1. The minimum absolute atomic E-state index is 0.163. The zero-order chi connectivity index (χ0) is 14.0. The van der Waals surface area contributed by atoms with Gasteiger partial charge in [-0.25, -0.2) is 4.79 Å². The molecule has 5 nitrogen and oxygen atoms in total. The summed E-state index contributed by atoms with van der Waals surface area (Å²) in [5.41, 5.74) is -0.487. The van der Waals surface area contributed by atoms with Crippen molar-refractivity contribution in [3.05, 3.63) is 0 Å². The van der Waals surface area contributed by atoms with E-state index < -0.39 is 11.7 Å². The molecule has 19 heavy (non-hydrogen) atoms. The van der Waals surface area contributed by atoms with Gasteiger partial charge in [0.2, 0.25) is 0 Å². The van der Waals surface area contributed by atoms with Crippen LogP contribution in [0.25, 0.3) is 0 Å². The fourth-order valence-electron chi connectivity index (χ4n) is 2.89. The van der Waals surface area contributed by atoms with Gasteiger partial charge in [-0.15, -0.1) is 0 Å². The van der Waals surface area contributed by atoms with E-state index in [1.807, 2.05) is 20.8 Å². The predicted octanol–water partition coefficient (Wildman–Crippen LogP) is 1.64. The molecule has 0 saturated carbocycles. The molecular formula is C14H25NO4. The van der Waals surface area contributed by atoms with Crippen LogP contribution in [0.3, 0.4) is 0 Å². The molecule has 0 aromatic rings. The lowest BCUT2D eigenvalue weighted by Crippen LogP contribution is -2.36. The molecule has 2 rings (SSSR count). The molecule has 0 aromatic carbocycles. The maximum atomic E-state index is 12.0. The molecule has 110 valence electrons. The van der Waals surface area contributed by atoms with Crippen LogP contribution in [0.4, 0.5) is 4.79 Å². The van der Waals surface area contributed by atoms with Crippen LogP contribution in [0.15, 0.2) is 0 Å². The molecule has 2 fully saturated rings. The molecule has 2 saturated heterocycles. The first-order valence-corrected chi connectivity index (χ1v) is 7.10. The SMILES string of the molecule is CC(C)(C)OC(=O)N1C[C@H](C2CCOCC2)[C@@H](O)C1. The second-order valence-electron chi connectivity index (χ2n) is 6.57. The Bertz CT molecular complexity index is 320. The summed E-state index contributed by atoms with van der Waals surface area (Å²) in [7, 11) is 0. The zero-order valence-corrected chi connectivity index (χ0v) is 12.1. The molecule has 1 amide bonds. The van der Waals surface area contributed by atoms with E-state index in [1.54, 1.807) is 4.90 Å². The van der Waals surface area contributed by atoms with E-state index in [-0.39, 0.29) is 12.0 Å². The summed E-state index contributed by atoms with van der Waals surface area (Å²) in [5, 5.41) is 10.2. The number of β-amino-alcohol motifs (C(OH)–C–C–N with tert-alkyl or cyclic N) is 1. The Labute approximate surface area is 114 Å². The lowest BCUT2D eigenvalue weighted by Gasteiger charge is -2.29. The number of carbonyl (C=O) groups is 1. The van der Waals surface area contributed by atoms with Crippen molar-refractivity contribution in [1.82, 2.24) is 4.90 Å². The van der Waals surface area contributed by atoms with Crippen molar-refractivity contribution in [1.29, 1.82) is 0 Å². The maximum Gasteiger partial charge on any atom is 0.410 e. The molecular weight excluding hydrogens is 246 g/mol. The number of hydrogen-bond acceptors (Lipinski definition) is 4. The van der Waals surface area contributed by atoms with Crippen molar-refractivity contribution >= 4 is 6.09 Å². The monoisotopic (exact) mass is 271 g/mol. The molecule has 0 spiro atoms. The van der Waals surface area contributed by atoms with E-state index in [4.69, 9.17) is 9.47 Å². The number of aliphatic hydroxyl groups is 1. The van der Waals surface area contributed by atoms with Crippen molar-refractivity contribution in [2.75, 3.05) is 26.3 Å². The average Bonchev–Trinajstić information content (AvgIpc) is 2.70. The first kappa shape index (κ1) is 14.6. The van der Waals surface area contributed by atoms with E-state index in [1.165, 1.54) is 0 Å². The highest BCUT2D eigenvalue weighted by Crippen LogP contribution is 2.32. The van der Waals surface area contributed by atoms with Crippen molar-refractivity contribution in [2.45, 2.75) is 45.3 Å². The van der Waals surface area contributed by atoms with Gasteiger partial charge in [-0.3, -0.25) is 0 Å². The summed E-state index contributed by atoms with van der Waals surface area (Å²) in [5.74, 6) is 0.618. The van der Waals surface area contributed by atoms with Crippen LogP contribution >= 0.6 is 0 Å². The number of rotatable bonds is 1. The van der Waals surface area contributed by atoms with Gasteiger partial charge in [-0.2, -0.15) is 0 Å². The van der Waals surface area contributed by atoms with Crippen LogP contribution in [0.5, 0.6) is 0 Å². The average molecular weight is 271 g/mol. The summed E-state index contributed by atoms with van der Waals surface area (Å²) in [6.45, 7) is 8.08. The minimum atomic E-state index is -0.487. The Morgan fingerprint density at radius 3 is 2.47 bits per heavy atom. The molecule has 0 bridgehead atoms. The summed E-state index contributed by atoms with van der Waals surface area (Å²) < 4.78 is 10.7. The van der Waals surface area contributed by atoms with Crippen LogP contribution in [-0.4, -0.2) is 54.1 Å². The molecule has 2 aliphatic rings. The van der Waals surface area contributed by atoms with E-state index in [2.05, 4.69) is 0 Å². The molecule has 5 heteroatoms. The van der Waals surface area contributed by atoms with E-state index in [0.29, 0.717) is 19.0 Å². The first-order chi connectivity index (χ1) is 8.87. The van der Waals surface area contributed by atoms with Crippen LogP contribution in [0.2, 0.25) is 0 Å². The third kappa shape index (κ3) is 3.83. The molecule has 0 aliphatic carbocycles. The van der Waals surface area contributed by atoms with Crippen LogP contribution in [0.1, 0.15) is 33.6 Å². The Hall–Kier alpha value is -0.810. The Morgan fingerprint density at radius 2 is 1.89 bits per heavy atom. The summed E-state index contributed by atoms with van der Waals surface area (Å²) >= 11 is 0. The van der Waals surface area contributed by atoms with Crippen molar-refractivity contribution in [3.8, 4) is 0 Å². The van der Waals surface area contributed by atoms with Gasteiger partial charge in [-0.1, -0.05) is 0 Å². The molecule has 0 radical (unpaired) electrons. The fraction of sp³-hybridized carbons (Fsp3) is 0.929. The van der Waals surface area contributed by atoms with Gasteiger partial charge in [0, 0.05) is 25.7 Å². The Kier molecular flexibility index (Phi) is 4.36. The molecule has 2 aliphatic heterocycles. The predicted molar refractivity (Wildman–Crippen MR) is 70.8 cm³/mol. The van der Waals surface area contributed by atoms with Crippen LogP contribution < -0.4 is 0 Å². The Morgan fingerprint density at radius 1 is 1.26 bits per heavy atom. The van der Waals surface area contributed by atoms with Crippen molar-refractivity contribution < 1.29 is 19.4 Å². The Balaban J connectivity index is 1.91. The van der Waals surface area contributed by atoms with Gasteiger partial charge in [0.05, 0.1) is 12.6 Å². The summed E-state index contributed by atoms with van der Waals surface area (Å²) in [6, 6.07) is 0. The van der Waals surface area contributed by atoms with E-state index >= 15 is 0 Å². The highest BCUT2D eigenvalue weighted by Gasteiger charge is 2.40. The smallest absolute Gasteiger partial charge is 0.410 e. The number of ether oxygens (including phenoxy) is 2. The molecule has 2 atom stereocenters. The topological polar surface area (TPSA) is 59.0 Å². The van der Waals surface area contributed by atoms with E-state index in [0.717, 1.165) is 26.1 Å².